The van der Waals surface area contributed by atoms with E-state index in [9.17, 15) is 13.5 Å². The van der Waals surface area contributed by atoms with E-state index in [2.05, 4.69) is 0 Å². The van der Waals surface area contributed by atoms with Gasteiger partial charge in [-0.05, 0) is 30.2 Å². The first-order chi connectivity index (χ1) is 14.4. The fraction of sp³-hybridized carbons (Fsp3) is 0.200. The van der Waals surface area contributed by atoms with E-state index in [4.69, 9.17) is 0 Å². The largest absolute Gasteiger partial charge is 0.372 e. The summed E-state index contributed by atoms with van der Waals surface area (Å²) in [5.41, 5.74) is 3.27. The number of rotatable bonds is 4. The molecule has 4 rings (SSSR count). The number of aliphatic hydroxyl groups is 1. The molecule has 1 aliphatic rings. The second kappa shape index (κ2) is 8.09. The minimum Gasteiger partial charge on any atom is -0.372 e. The van der Waals surface area contributed by atoms with Crippen molar-refractivity contribution in [2.45, 2.75) is 30.9 Å². The Hall–Kier alpha value is -2.89. The zero-order valence-corrected chi connectivity index (χ0v) is 17.8. The lowest BCUT2D eigenvalue weighted by atomic mass is 9.82. The van der Waals surface area contributed by atoms with E-state index < -0.39 is 16.3 Å². The summed E-state index contributed by atoms with van der Waals surface area (Å²) in [5.74, 6) is -0.430. The Morgan fingerprint density at radius 2 is 1.40 bits per heavy atom. The van der Waals surface area contributed by atoms with Crippen LogP contribution < -0.4 is 0 Å². The van der Waals surface area contributed by atoms with Gasteiger partial charge in [0.15, 0.2) is 0 Å². The zero-order valence-electron chi connectivity index (χ0n) is 17.0. The molecule has 0 saturated heterocycles. The van der Waals surface area contributed by atoms with Crippen molar-refractivity contribution < 1.29 is 13.5 Å². The van der Waals surface area contributed by atoms with Crippen molar-refractivity contribution in [3.05, 3.63) is 108 Å². The average Bonchev–Trinajstić information content (AvgIpc) is 2.76. The van der Waals surface area contributed by atoms with Crippen LogP contribution in [0.3, 0.4) is 0 Å². The van der Waals surface area contributed by atoms with Gasteiger partial charge in [0.05, 0.1) is 10.6 Å². The molecule has 0 saturated carbocycles. The van der Waals surface area contributed by atoms with Crippen LogP contribution in [0.1, 0.15) is 29.5 Å². The van der Waals surface area contributed by atoms with Crippen LogP contribution in [0, 0.1) is 12.8 Å². The first-order valence-corrected chi connectivity index (χ1v) is 11.4. The molecule has 0 radical (unpaired) electrons. The normalized spacial score (nSPS) is 21.9. The van der Waals surface area contributed by atoms with Gasteiger partial charge in [0.2, 0.25) is 0 Å². The highest BCUT2D eigenvalue weighted by Gasteiger charge is 2.42. The van der Waals surface area contributed by atoms with Crippen LogP contribution in [-0.2, 0) is 10.0 Å². The number of benzene rings is 3. The molecule has 1 heterocycles. The predicted molar refractivity (Wildman–Crippen MR) is 119 cm³/mol. The summed E-state index contributed by atoms with van der Waals surface area (Å²) in [6.45, 7) is 3.80. The van der Waals surface area contributed by atoms with Crippen molar-refractivity contribution in [1.29, 1.82) is 0 Å². The van der Waals surface area contributed by atoms with Crippen molar-refractivity contribution >= 4 is 15.7 Å². The highest BCUT2D eigenvalue weighted by molar-refractivity contribution is 7.89. The summed E-state index contributed by atoms with van der Waals surface area (Å²) in [5, 5.41) is 11.3. The monoisotopic (exact) mass is 419 g/mol. The quantitative estimate of drug-likeness (QED) is 0.662. The number of allylic oxidation sites excluding steroid dienone is 1. The van der Waals surface area contributed by atoms with Crippen LogP contribution in [0.25, 0.3) is 5.70 Å². The molecule has 0 bridgehead atoms. The molecule has 0 aromatic heterocycles. The highest BCUT2D eigenvalue weighted by atomic mass is 32.2. The lowest BCUT2D eigenvalue weighted by Crippen LogP contribution is -2.46. The lowest BCUT2D eigenvalue weighted by molar-refractivity contribution is 0.0323. The van der Waals surface area contributed by atoms with Crippen LogP contribution in [-0.4, -0.2) is 24.1 Å². The molecular weight excluding hydrogens is 394 g/mol. The first-order valence-electron chi connectivity index (χ1n) is 10.0. The van der Waals surface area contributed by atoms with Crippen molar-refractivity contribution in [2.75, 3.05) is 0 Å². The Balaban J connectivity index is 1.89. The number of hydrogen-bond acceptors (Lipinski definition) is 3. The van der Waals surface area contributed by atoms with Gasteiger partial charge in [-0.15, -0.1) is 0 Å². The molecule has 0 unspecified atom stereocenters. The molecular formula is C25H25NO3S. The maximum Gasteiger partial charge on any atom is 0.266 e. The third-order valence-corrected chi connectivity index (χ3v) is 7.48. The number of aliphatic hydroxyl groups excluding tert-OH is 1. The summed E-state index contributed by atoms with van der Waals surface area (Å²) >= 11 is 0. The number of nitrogens with zero attached hydrogens (tertiary/aromatic N) is 1. The molecule has 0 fully saturated rings. The minimum atomic E-state index is -3.95. The SMILES string of the molecule is Cc1ccc(S(=O)(=O)N2C(c3ccccc3)=C[C@H](c3ccccc3)[C@@H](C)[C@H]2O)cc1. The molecule has 0 spiro atoms. The van der Waals surface area contributed by atoms with Crippen molar-refractivity contribution in [3.63, 3.8) is 0 Å². The molecule has 30 heavy (non-hydrogen) atoms. The van der Waals surface area contributed by atoms with Crippen LogP contribution >= 0.6 is 0 Å². The van der Waals surface area contributed by atoms with Gasteiger partial charge in [-0.25, -0.2) is 12.7 Å². The molecule has 0 amide bonds. The van der Waals surface area contributed by atoms with E-state index in [1.165, 1.54) is 4.31 Å². The average molecular weight is 420 g/mol. The van der Waals surface area contributed by atoms with Crippen LogP contribution in [0.4, 0.5) is 0 Å². The Kier molecular flexibility index (Phi) is 5.50. The maximum atomic E-state index is 13.6. The first kappa shape index (κ1) is 20.4. The molecule has 3 atom stereocenters. The van der Waals surface area contributed by atoms with E-state index in [1.54, 1.807) is 24.3 Å². The Morgan fingerprint density at radius 3 is 2.00 bits per heavy atom. The lowest BCUT2D eigenvalue weighted by Gasteiger charge is -2.41. The molecule has 4 nitrogen and oxygen atoms in total. The third-order valence-electron chi connectivity index (χ3n) is 5.68. The molecule has 1 N–H and O–H groups in total. The third kappa shape index (κ3) is 3.66. The number of aryl methyl sites for hydroxylation is 1. The van der Waals surface area contributed by atoms with Crippen LogP contribution in [0.2, 0.25) is 0 Å². The van der Waals surface area contributed by atoms with Crippen molar-refractivity contribution in [1.82, 2.24) is 4.31 Å². The van der Waals surface area contributed by atoms with E-state index in [1.807, 2.05) is 80.6 Å². The summed E-state index contributed by atoms with van der Waals surface area (Å²) in [7, 11) is -3.95. The second-order valence-electron chi connectivity index (χ2n) is 7.74. The van der Waals surface area contributed by atoms with Crippen molar-refractivity contribution in [2.24, 2.45) is 5.92 Å². The second-order valence-corrected chi connectivity index (χ2v) is 9.56. The van der Waals surface area contributed by atoms with E-state index in [0.29, 0.717) is 5.70 Å². The summed E-state index contributed by atoms with van der Waals surface area (Å²) in [4.78, 5) is 0.166. The van der Waals surface area contributed by atoms with Gasteiger partial charge in [-0.2, -0.15) is 0 Å². The van der Waals surface area contributed by atoms with E-state index in [-0.39, 0.29) is 16.7 Å². The van der Waals surface area contributed by atoms with E-state index in [0.717, 1.165) is 16.7 Å². The van der Waals surface area contributed by atoms with Gasteiger partial charge in [0, 0.05) is 11.8 Å². The van der Waals surface area contributed by atoms with E-state index >= 15 is 0 Å². The van der Waals surface area contributed by atoms with Crippen LogP contribution in [0.5, 0.6) is 0 Å². The van der Waals surface area contributed by atoms with Gasteiger partial charge >= 0.3 is 0 Å². The predicted octanol–water partition coefficient (Wildman–Crippen LogP) is 4.78. The molecule has 3 aromatic carbocycles. The highest BCUT2D eigenvalue weighted by Crippen LogP contribution is 2.42. The zero-order chi connectivity index (χ0) is 21.3. The number of hydrogen-bond donors (Lipinski definition) is 1. The van der Waals surface area contributed by atoms with Gasteiger partial charge in [-0.1, -0.05) is 91.4 Å². The number of sulfonamides is 1. The van der Waals surface area contributed by atoms with Crippen molar-refractivity contribution in [3.8, 4) is 0 Å². The standard InChI is InChI=1S/C25H25NO3S/c1-18-13-15-22(16-14-18)30(28,29)26-24(21-11-7-4-8-12-21)17-23(19(2)25(26)27)20-9-5-3-6-10-20/h3-17,19,23,25,27H,1-2H3/t19-,23+,25-/m1/s1. The van der Waals surface area contributed by atoms with Crippen LogP contribution in [0.15, 0.2) is 95.9 Å². The topological polar surface area (TPSA) is 57.6 Å². The van der Waals surface area contributed by atoms with Gasteiger partial charge in [0.25, 0.3) is 10.0 Å². The molecule has 1 aliphatic heterocycles. The summed E-state index contributed by atoms with van der Waals surface area (Å²) in [6.07, 6.45) is 0.773. The Labute approximate surface area is 178 Å². The van der Waals surface area contributed by atoms with Gasteiger partial charge in [0.1, 0.15) is 6.23 Å². The minimum absolute atomic E-state index is 0.110. The fourth-order valence-electron chi connectivity index (χ4n) is 3.94. The Bertz CT molecular complexity index is 1140. The van der Waals surface area contributed by atoms with Gasteiger partial charge < -0.3 is 5.11 Å². The summed E-state index contributed by atoms with van der Waals surface area (Å²) < 4.78 is 28.4. The fourth-order valence-corrected chi connectivity index (χ4v) is 5.55. The summed E-state index contributed by atoms with van der Waals surface area (Å²) in [6, 6.07) is 26.0. The molecule has 5 heteroatoms. The van der Waals surface area contributed by atoms with Gasteiger partial charge in [-0.3, -0.25) is 0 Å². The maximum absolute atomic E-state index is 13.6. The Morgan fingerprint density at radius 1 is 0.833 bits per heavy atom. The molecule has 0 aliphatic carbocycles. The molecule has 3 aromatic rings. The molecule has 154 valence electrons. The smallest absolute Gasteiger partial charge is 0.266 e.